The minimum absolute atomic E-state index is 0.0184. The second kappa shape index (κ2) is 5.01. The fourth-order valence-electron chi connectivity index (χ4n) is 2.61. The Morgan fingerprint density at radius 1 is 1.35 bits per heavy atom. The molecule has 2 nitrogen and oxygen atoms in total. The number of benzene rings is 1. The molecule has 1 aromatic carbocycles. The van der Waals surface area contributed by atoms with E-state index in [-0.39, 0.29) is 11.5 Å². The van der Waals surface area contributed by atoms with Crippen LogP contribution in [0.2, 0.25) is 0 Å². The maximum absolute atomic E-state index is 12.2. The van der Waals surface area contributed by atoms with Crippen LogP contribution in [-0.2, 0) is 15.1 Å². The lowest BCUT2D eigenvalue weighted by molar-refractivity contribution is -0.125. The average molecular weight is 232 g/mol. The number of carbonyl (C=O) groups excluding carboxylic acids is 1. The van der Waals surface area contributed by atoms with Crippen LogP contribution in [0.1, 0.15) is 38.7 Å². The van der Waals surface area contributed by atoms with Gasteiger partial charge in [-0.15, -0.1) is 0 Å². The molecule has 0 N–H and O–H groups in total. The molecule has 17 heavy (non-hydrogen) atoms. The fraction of sp³-hybridized carbons (Fsp3) is 0.533. The standard InChI is InChI=1S/C15H20O2/c1-3-8-14(16)13(4-2)15(11-17-15)12-9-6-5-7-10-12/h5-7,9-10,13H,3-4,8,11H2,1-2H3. The highest BCUT2D eigenvalue weighted by atomic mass is 16.6. The zero-order valence-electron chi connectivity index (χ0n) is 10.6. The molecule has 0 radical (unpaired) electrons. The van der Waals surface area contributed by atoms with Gasteiger partial charge in [-0.2, -0.15) is 0 Å². The number of carbonyl (C=O) groups is 1. The monoisotopic (exact) mass is 232 g/mol. The van der Waals surface area contributed by atoms with Crippen molar-refractivity contribution in [3.05, 3.63) is 35.9 Å². The minimum Gasteiger partial charge on any atom is -0.364 e. The average Bonchev–Trinajstić information content (AvgIpc) is 3.13. The Hall–Kier alpha value is -1.15. The summed E-state index contributed by atoms with van der Waals surface area (Å²) in [4.78, 5) is 12.2. The van der Waals surface area contributed by atoms with E-state index in [9.17, 15) is 4.79 Å². The van der Waals surface area contributed by atoms with Crippen molar-refractivity contribution < 1.29 is 9.53 Å². The van der Waals surface area contributed by atoms with Gasteiger partial charge in [-0.05, 0) is 18.4 Å². The van der Waals surface area contributed by atoms with Gasteiger partial charge in [0, 0.05) is 6.42 Å². The van der Waals surface area contributed by atoms with Crippen LogP contribution in [0.25, 0.3) is 0 Å². The van der Waals surface area contributed by atoms with E-state index in [1.54, 1.807) is 0 Å². The van der Waals surface area contributed by atoms with E-state index in [1.165, 1.54) is 0 Å². The van der Waals surface area contributed by atoms with E-state index in [2.05, 4.69) is 19.1 Å². The van der Waals surface area contributed by atoms with Crippen LogP contribution in [0.5, 0.6) is 0 Å². The highest BCUT2D eigenvalue weighted by Gasteiger charge is 2.54. The molecule has 1 saturated heterocycles. The molecular weight excluding hydrogens is 212 g/mol. The minimum atomic E-state index is -0.317. The van der Waals surface area contributed by atoms with Gasteiger partial charge in [-0.1, -0.05) is 44.2 Å². The molecule has 2 atom stereocenters. The molecule has 2 unspecified atom stereocenters. The summed E-state index contributed by atoms with van der Waals surface area (Å²) >= 11 is 0. The predicted octanol–water partition coefficient (Wildman–Crippen LogP) is 3.31. The van der Waals surface area contributed by atoms with E-state index < -0.39 is 0 Å². The van der Waals surface area contributed by atoms with Crippen molar-refractivity contribution in [1.29, 1.82) is 0 Å². The van der Waals surface area contributed by atoms with Gasteiger partial charge in [0.25, 0.3) is 0 Å². The first-order valence-electron chi connectivity index (χ1n) is 6.46. The zero-order chi connectivity index (χ0) is 12.3. The van der Waals surface area contributed by atoms with E-state index in [0.29, 0.717) is 18.8 Å². The van der Waals surface area contributed by atoms with Crippen LogP contribution in [-0.4, -0.2) is 12.4 Å². The highest BCUT2D eigenvalue weighted by molar-refractivity contribution is 5.82. The molecule has 0 spiro atoms. The second-order valence-corrected chi connectivity index (χ2v) is 4.72. The Morgan fingerprint density at radius 2 is 2.00 bits per heavy atom. The summed E-state index contributed by atoms with van der Waals surface area (Å²) in [5.41, 5.74) is 0.832. The molecule has 1 heterocycles. The van der Waals surface area contributed by atoms with E-state index in [1.807, 2.05) is 25.1 Å². The fourth-order valence-corrected chi connectivity index (χ4v) is 2.61. The third kappa shape index (κ3) is 2.27. The molecule has 0 aromatic heterocycles. The van der Waals surface area contributed by atoms with Gasteiger partial charge in [0.1, 0.15) is 11.4 Å². The zero-order valence-corrected chi connectivity index (χ0v) is 10.6. The Labute approximate surface area is 103 Å². The summed E-state index contributed by atoms with van der Waals surface area (Å²) in [6, 6.07) is 10.1. The Balaban J connectivity index is 2.22. The summed E-state index contributed by atoms with van der Waals surface area (Å²) in [6.07, 6.45) is 2.43. The van der Waals surface area contributed by atoms with Crippen LogP contribution >= 0.6 is 0 Å². The van der Waals surface area contributed by atoms with Crippen LogP contribution in [0, 0.1) is 5.92 Å². The smallest absolute Gasteiger partial charge is 0.139 e. The van der Waals surface area contributed by atoms with Gasteiger partial charge >= 0.3 is 0 Å². The molecule has 2 heteroatoms. The van der Waals surface area contributed by atoms with Gasteiger partial charge < -0.3 is 4.74 Å². The second-order valence-electron chi connectivity index (χ2n) is 4.72. The van der Waals surface area contributed by atoms with Gasteiger partial charge in [0.2, 0.25) is 0 Å². The molecule has 1 aliphatic heterocycles. The number of ether oxygens (including phenoxy) is 1. The van der Waals surface area contributed by atoms with E-state index >= 15 is 0 Å². The normalized spacial score (nSPS) is 24.4. The highest BCUT2D eigenvalue weighted by Crippen LogP contribution is 2.47. The largest absolute Gasteiger partial charge is 0.364 e. The lowest BCUT2D eigenvalue weighted by Gasteiger charge is -2.22. The lowest BCUT2D eigenvalue weighted by Crippen LogP contribution is -2.29. The third-order valence-corrected chi connectivity index (χ3v) is 3.57. The van der Waals surface area contributed by atoms with Crippen molar-refractivity contribution in [3.63, 3.8) is 0 Å². The maximum Gasteiger partial charge on any atom is 0.139 e. The lowest BCUT2D eigenvalue weighted by atomic mass is 9.80. The van der Waals surface area contributed by atoms with Gasteiger partial charge in [0.15, 0.2) is 0 Å². The topological polar surface area (TPSA) is 29.6 Å². The number of hydrogen-bond donors (Lipinski definition) is 0. The summed E-state index contributed by atoms with van der Waals surface area (Å²) in [5.74, 6) is 0.362. The molecule has 0 aliphatic carbocycles. The number of hydrogen-bond acceptors (Lipinski definition) is 2. The maximum atomic E-state index is 12.2. The quantitative estimate of drug-likeness (QED) is 0.704. The van der Waals surface area contributed by atoms with E-state index in [4.69, 9.17) is 4.74 Å². The first-order chi connectivity index (χ1) is 8.24. The van der Waals surface area contributed by atoms with Crippen molar-refractivity contribution in [2.45, 2.75) is 38.7 Å². The molecule has 1 fully saturated rings. The van der Waals surface area contributed by atoms with Crippen molar-refractivity contribution >= 4 is 5.78 Å². The number of Topliss-reactive ketones (excluding diaryl/α,β-unsaturated/α-hetero) is 1. The van der Waals surface area contributed by atoms with Crippen molar-refractivity contribution in [2.75, 3.05) is 6.61 Å². The number of epoxide rings is 1. The van der Waals surface area contributed by atoms with Crippen molar-refractivity contribution in [1.82, 2.24) is 0 Å². The predicted molar refractivity (Wildman–Crippen MR) is 67.8 cm³/mol. The Morgan fingerprint density at radius 3 is 2.47 bits per heavy atom. The molecule has 92 valence electrons. The summed E-state index contributed by atoms with van der Waals surface area (Å²) < 4.78 is 5.68. The third-order valence-electron chi connectivity index (χ3n) is 3.57. The van der Waals surface area contributed by atoms with Gasteiger partial charge in [-0.25, -0.2) is 0 Å². The molecular formula is C15H20O2. The van der Waals surface area contributed by atoms with Crippen molar-refractivity contribution in [3.8, 4) is 0 Å². The number of rotatable bonds is 6. The first kappa shape index (κ1) is 12.3. The van der Waals surface area contributed by atoms with Crippen LogP contribution in [0.4, 0.5) is 0 Å². The Kier molecular flexibility index (Phi) is 3.63. The van der Waals surface area contributed by atoms with E-state index in [0.717, 1.165) is 18.4 Å². The molecule has 1 aliphatic rings. The summed E-state index contributed by atoms with van der Waals surface area (Å²) in [6.45, 7) is 4.81. The van der Waals surface area contributed by atoms with Gasteiger partial charge in [0.05, 0.1) is 12.5 Å². The SMILES string of the molecule is CCCC(=O)C(CC)C1(c2ccccc2)CO1. The summed E-state index contributed by atoms with van der Waals surface area (Å²) in [5, 5.41) is 0. The first-order valence-corrected chi connectivity index (χ1v) is 6.46. The van der Waals surface area contributed by atoms with Crippen molar-refractivity contribution in [2.24, 2.45) is 5.92 Å². The molecule has 2 rings (SSSR count). The molecule has 0 amide bonds. The van der Waals surface area contributed by atoms with Crippen LogP contribution in [0.15, 0.2) is 30.3 Å². The summed E-state index contributed by atoms with van der Waals surface area (Å²) in [7, 11) is 0. The molecule has 0 bridgehead atoms. The molecule has 1 aromatic rings. The van der Waals surface area contributed by atoms with Crippen LogP contribution < -0.4 is 0 Å². The van der Waals surface area contributed by atoms with Crippen LogP contribution in [0.3, 0.4) is 0 Å². The molecule has 0 saturated carbocycles. The Bertz CT molecular complexity index is 379. The van der Waals surface area contributed by atoms with Gasteiger partial charge in [-0.3, -0.25) is 4.79 Å². The number of ketones is 1.